The van der Waals surface area contributed by atoms with Crippen molar-refractivity contribution < 1.29 is 9.32 Å². The molecule has 1 N–H and O–H groups in total. The van der Waals surface area contributed by atoms with E-state index < -0.39 is 0 Å². The Morgan fingerprint density at radius 1 is 1.30 bits per heavy atom. The molecule has 0 aliphatic rings. The number of rotatable bonds is 4. The van der Waals surface area contributed by atoms with Gasteiger partial charge in [0.25, 0.3) is 0 Å². The molecule has 0 atom stereocenters. The summed E-state index contributed by atoms with van der Waals surface area (Å²) in [7, 11) is 0. The molecule has 0 saturated carbocycles. The molecule has 1 aromatic carbocycles. The number of nitrogens with zero attached hydrogens (tertiary/aromatic N) is 1. The number of aryl methyl sites for hydroxylation is 1. The third kappa shape index (κ3) is 2.72. The number of hydrogen-bond acceptors (Lipinski definition) is 4. The largest absolute Gasteiger partial charge is 0.356 e. The fraction of sp³-hybridized carbons (Fsp3) is 0.200. The van der Waals surface area contributed by atoms with Crippen molar-refractivity contribution in [3.63, 3.8) is 0 Å². The number of amides is 1. The van der Waals surface area contributed by atoms with Crippen molar-refractivity contribution in [3.8, 4) is 0 Å². The molecule has 5 heteroatoms. The van der Waals surface area contributed by atoms with Gasteiger partial charge in [0.05, 0.1) is 13.0 Å². The molecular formula is C15H14N2O2S. The highest BCUT2D eigenvalue weighted by molar-refractivity contribution is 7.11. The molecule has 0 aliphatic heterocycles. The first kappa shape index (κ1) is 12.9. The Bertz CT molecular complexity index is 745. The highest BCUT2D eigenvalue weighted by atomic mass is 32.1. The maximum Gasteiger partial charge on any atom is 0.226 e. The summed E-state index contributed by atoms with van der Waals surface area (Å²) in [6.45, 7) is 2.62. The number of thiophene rings is 1. The van der Waals surface area contributed by atoms with E-state index in [1.807, 2.05) is 30.3 Å². The first-order valence-corrected chi connectivity index (χ1v) is 7.19. The number of hydrogen-bond donors (Lipinski definition) is 1. The number of carbonyl (C=O) groups excluding carboxylic acids is 1. The van der Waals surface area contributed by atoms with Crippen molar-refractivity contribution in [3.05, 3.63) is 51.8 Å². The Kier molecular flexibility index (Phi) is 3.52. The zero-order valence-corrected chi connectivity index (χ0v) is 11.9. The highest BCUT2D eigenvalue weighted by Gasteiger charge is 2.11. The Morgan fingerprint density at radius 2 is 2.15 bits per heavy atom. The smallest absolute Gasteiger partial charge is 0.226 e. The second-order valence-corrected chi connectivity index (χ2v) is 5.96. The molecule has 4 nitrogen and oxygen atoms in total. The average Bonchev–Trinajstić information content (AvgIpc) is 3.04. The molecule has 0 unspecified atom stereocenters. The van der Waals surface area contributed by atoms with Gasteiger partial charge in [-0.3, -0.25) is 4.79 Å². The molecule has 3 rings (SSSR count). The summed E-state index contributed by atoms with van der Waals surface area (Å²) >= 11 is 1.69. The Morgan fingerprint density at radius 3 is 2.95 bits per heavy atom. The summed E-state index contributed by atoms with van der Waals surface area (Å²) in [5.74, 6) is -0.0462. The summed E-state index contributed by atoms with van der Waals surface area (Å²) in [5.41, 5.74) is 1.39. The third-order valence-electron chi connectivity index (χ3n) is 3.04. The van der Waals surface area contributed by atoms with Gasteiger partial charge in [0, 0.05) is 15.1 Å². The molecular weight excluding hydrogens is 272 g/mol. The minimum atomic E-state index is -0.0462. The van der Waals surface area contributed by atoms with Crippen LogP contribution in [0.1, 0.15) is 15.4 Å². The van der Waals surface area contributed by atoms with Crippen LogP contribution in [-0.4, -0.2) is 11.1 Å². The second kappa shape index (κ2) is 5.46. The normalized spacial score (nSPS) is 10.8. The lowest BCUT2D eigenvalue weighted by Gasteiger charge is -2.01. The lowest BCUT2D eigenvalue weighted by Crippen LogP contribution is -2.24. The summed E-state index contributed by atoms with van der Waals surface area (Å²) in [5, 5.41) is 7.76. The molecule has 0 radical (unpaired) electrons. The first-order chi connectivity index (χ1) is 9.72. The molecule has 20 heavy (non-hydrogen) atoms. The maximum absolute atomic E-state index is 11.9. The van der Waals surface area contributed by atoms with Gasteiger partial charge in [0.1, 0.15) is 5.69 Å². The quantitative estimate of drug-likeness (QED) is 0.802. The summed E-state index contributed by atoms with van der Waals surface area (Å²) in [6, 6.07) is 11.6. The Balaban J connectivity index is 1.64. The molecule has 1 amide bonds. The van der Waals surface area contributed by atoms with Crippen molar-refractivity contribution in [1.29, 1.82) is 0 Å². The van der Waals surface area contributed by atoms with Crippen LogP contribution in [0.4, 0.5) is 0 Å². The predicted molar refractivity (Wildman–Crippen MR) is 78.6 cm³/mol. The van der Waals surface area contributed by atoms with Gasteiger partial charge < -0.3 is 9.84 Å². The Hall–Kier alpha value is -2.14. The van der Waals surface area contributed by atoms with Crippen LogP contribution in [0.2, 0.25) is 0 Å². The van der Waals surface area contributed by atoms with Crippen LogP contribution in [-0.2, 0) is 17.8 Å². The highest BCUT2D eigenvalue weighted by Crippen LogP contribution is 2.18. The van der Waals surface area contributed by atoms with Crippen molar-refractivity contribution in [1.82, 2.24) is 10.5 Å². The average molecular weight is 286 g/mol. The third-order valence-corrected chi connectivity index (χ3v) is 4.04. The summed E-state index contributed by atoms with van der Waals surface area (Å²) < 4.78 is 5.19. The number of fused-ring (bicyclic) bond motifs is 1. The maximum atomic E-state index is 11.9. The molecule has 102 valence electrons. The van der Waals surface area contributed by atoms with E-state index in [1.165, 1.54) is 4.88 Å². The molecule has 3 aromatic rings. The fourth-order valence-corrected chi connectivity index (χ4v) is 2.88. The van der Waals surface area contributed by atoms with E-state index in [9.17, 15) is 4.79 Å². The van der Waals surface area contributed by atoms with E-state index in [-0.39, 0.29) is 12.3 Å². The van der Waals surface area contributed by atoms with Crippen molar-refractivity contribution in [2.75, 3.05) is 0 Å². The standard InChI is InChI=1S/C15H14N2O2S/c1-10-6-7-11(20-10)9-16-15(18)8-13-12-4-2-3-5-14(12)19-17-13/h2-7H,8-9H2,1H3,(H,16,18). The van der Waals surface area contributed by atoms with Crippen LogP contribution in [0.25, 0.3) is 11.0 Å². The number of benzene rings is 1. The van der Waals surface area contributed by atoms with Crippen LogP contribution < -0.4 is 5.32 Å². The first-order valence-electron chi connectivity index (χ1n) is 6.37. The molecule has 2 heterocycles. The van der Waals surface area contributed by atoms with E-state index in [4.69, 9.17) is 4.52 Å². The van der Waals surface area contributed by atoms with Gasteiger partial charge in [-0.15, -0.1) is 11.3 Å². The number of para-hydroxylation sites is 1. The molecule has 0 spiro atoms. The van der Waals surface area contributed by atoms with Crippen LogP contribution in [0, 0.1) is 6.92 Å². The molecule has 0 aliphatic carbocycles. The summed E-state index contributed by atoms with van der Waals surface area (Å²) in [6.07, 6.45) is 0.237. The van der Waals surface area contributed by atoms with Crippen LogP contribution in [0.5, 0.6) is 0 Å². The van der Waals surface area contributed by atoms with Crippen molar-refractivity contribution in [2.24, 2.45) is 0 Å². The van der Waals surface area contributed by atoms with E-state index >= 15 is 0 Å². The van der Waals surface area contributed by atoms with Gasteiger partial charge in [0.2, 0.25) is 5.91 Å². The SMILES string of the molecule is Cc1ccc(CNC(=O)Cc2noc3ccccc23)s1. The molecule has 0 fully saturated rings. The molecule has 0 saturated heterocycles. The second-order valence-electron chi connectivity index (χ2n) is 4.59. The number of nitrogens with one attached hydrogen (secondary N) is 1. The minimum Gasteiger partial charge on any atom is -0.356 e. The van der Waals surface area contributed by atoms with Crippen LogP contribution >= 0.6 is 11.3 Å². The topological polar surface area (TPSA) is 55.1 Å². The molecule has 0 bridgehead atoms. The molecule has 2 aromatic heterocycles. The van der Waals surface area contributed by atoms with E-state index in [1.54, 1.807) is 11.3 Å². The van der Waals surface area contributed by atoms with Gasteiger partial charge in [-0.25, -0.2) is 0 Å². The van der Waals surface area contributed by atoms with Crippen LogP contribution in [0.15, 0.2) is 40.9 Å². The van der Waals surface area contributed by atoms with Gasteiger partial charge in [-0.1, -0.05) is 17.3 Å². The zero-order valence-electron chi connectivity index (χ0n) is 11.1. The van der Waals surface area contributed by atoms with Crippen molar-refractivity contribution >= 4 is 28.2 Å². The lowest BCUT2D eigenvalue weighted by atomic mass is 10.1. The monoisotopic (exact) mass is 286 g/mol. The van der Waals surface area contributed by atoms with Crippen molar-refractivity contribution in [2.45, 2.75) is 19.9 Å². The summed E-state index contributed by atoms with van der Waals surface area (Å²) in [4.78, 5) is 14.3. The number of carbonyl (C=O) groups is 1. The zero-order chi connectivity index (χ0) is 13.9. The lowest BCUT2D eigenvalue weighted by molar-refractivity contribution is -0.120. The minimum absolute atomic E-state index is 0.0462. The van der Waals surface area contributed by atoms with Gasteiger partial charge in [0.15, 0.2) is 5.58 Å². The number of aromatic nitrogens is 1. The predicted octanol–water partition coefficient (Wildman–Crippen LogP) is 3.06. The van der Waals surface area contributed by atoms with Gasteiger partial charge in [-0.2, -0.15) is 0 Å². The fourth-order valence-electron chi connectivity index (χ4n) is 2.05. The van der Waals surface area contributed by atoms with E-state index in [0.29, 0.717) is 17.8 Å². The van der Waals surface area contributed by atoms with Gasteiger partial charge in [-0.05, 0) is 31.2 Å². The van der Waals surface area contributed by atoms with E-state index in [2.05, 4.69) is 23.5 Å². The van der Waals surface area contributed by atoms with Crippen LogP contribution in [0.3, 0.4) is 0 Å². The Labute approximate surface area is 120 Å². The van der Waals surface area contributed by atoms with E-state index in [0.717, 1.165) is 10.3 Å². The van der Waals surface area contributed by atoms with Gasteiger partial charge >= 0.3 is 0 Å².